The summed E-state index contributed by atoms with van der Waals surface area (Å²) in [6.45, 7) is 4.54. The predicted octanol–water partition coefficient (Wildman–Crippen LogP) is 3.72. The lowest BCUT2D eigenvalue weighted by Gasteiger charge is -2.32. The van der Waals surface area contributed by atoms with Gasteiger partial charge in [0.2, 0.25) is 5.91 Å². The largest absolute Gasteiger partial charge is 0.354 e. The molecule has 1 N–H and O–H groups in total. The third-order valence-corrected chi connectivity index (χ3v) is 6.37. The highest BCUT2D eigenvalue weighted by Crippen LogP contribution is 2.30. The van der Waals surface area contributed by atoms with Crippen LogP contribution >= 0.6 is 0 Å². The molecular formula is C23H28N6O. The average Bonchev–Trinajstić information content (AvgIpc) is 2.96. The Morgan fingerprint density at radius 2 is 2.00 bits per heavy atom. The number of carbonyl (C=O) groups is 1. The first-order chi connectivity index (χ1) is 14.7. The average molecular weight is 405 g/mol. The Bertz CT molecular complexity index is 1070. The lowest BCUT2D eigenvalue weighted by atomic mass is 9.96. The molecular weight excluding hydrogens is 376 g/mol. The Hall–Kier alpha value is -2.96. The summed E-state index contributed by atoms with van der Waals surface area (Å²) in [5, 5.41) is 3.12. The second-order valence-corrected chi connectivity index (χ2v) is 8.45. The third kappa shape index (κ3) is 3.53. The highest BCUT2D eigenvalue weighted by Gasteiger charge is 2.29. The molecule has 7 heteroatoms. The van der Waals surface area contributed by atoms with Crippen molar-refractivity contribution in [2.45, 2.75) is 52.0 Å². The van der Waals surface area contributed by atoms with E-state index < -0.39 is 0 Å². The van der Waals surface area contributed by atoms with Gasteiger partial charge in [0.25, 0.3) is 0 Å². The number of benzene rings is 1. The van der Waals surface area contributed by atoms with Crippen LogP contribution in [0.2, 0.25) is 0 Å². The molecule has 2 aliphatic rings. The fourth-order valence-electron chi connectivity index (χ4n) is 4.69. The van der Waals surface area contributed by atoms with Crippen molar-refractivity contribution in [2.24, 2.45) is 5.92 Å². The second-order valence-electron chi connectivity index (χ2n) is 8.45. The Labute approximate surface area is 176 Å². The maximum Gasteiger partial charge on any atom is 0.229 e. The van der Waals surface area contributed by atoms with Crippen molar-refractivity contribution >= 4 is 28.6 Å². The van der Waals surface area contributed by atoms with Gasteiger partial charge in [-0.3, -0.25) is 4.79 Å². The van der Waals surface area contributed by atoms with Crippen LogP contribution in [0.1, 0.15) is 43.5 Å². The van der Waals surface area contributed by atoms with Gasteiger partial charge in [-0.2, -0.15) is 0 Å². The SMILES string of the molecule is Cc1ccccc1NC(=O)[C@@H]1CCCN(c2ncnc3c2nc2n3CCCCC2)C1. The molecule has 0 aliphatic carbocycles. The van der Waals surface area contributed by atoms with Gasteiger partial charge in [0, 0.05) is 31.7 Å². The van der Waals surface area contributed by atoms with Gasteiger partial charge in [-0.25, -0.2) is 15.0 Å². The normalized spacial score (nSPS) is 19.4. The summed E-state index contributed by atoms with van der Waals surface area (Å²) in [5.74, 6) is 2.01. The van der Waals surface area contributed by atoms with Gasteiger partial charge in [-0.15, -0.1) is 0 Å². The van der Waals surface area contributed by atoms with E-state index in [9.17, 15) is 4.79 Å². The first kappa shape index (κ1) is 19.0. The minimum Gasteiger partial charge on any atom is -0.354 e. The number of amides is 1. The summed E-state index contributed by atoms with van der Waals surface area (Å²) in [7, 11) is 0. The van der Waals surface area contributed by atoms with Crippen molar-refractivity contribution in [1.82, 2.24) is 19.5 Å². The monoisotopic (exact) mass is 404 g/mol. The molecule has 2 aliphatic heterocycles. The van der Waals surface area contributed by atoms with Crippen molar-refractivity contribution in [1.29, 1.82) is 0 Å². The molecule has 0 saturated carbocycles. The predicted molar refractivity (Wildman–Crippen MR) is 118 cm³/mol. The number of aromatic nitrogens is 4. The number of nitrogens with one attached hydrogen (secondary N) is 1. The summed E-state index contributed by atoms with van der Waals surface area (Å²) in [5.41, 5.74) is 3.79. The van der Waals surface area contributed by atoms with Crippen LogP contribution < -0.4 is 10.2 Å². The number of hydrogen-bond acceptors (Lipinski definition) is 5. The van der Waals surface area contributed by atoms with Crippen LogP contribution in [0.3, 0.4) is 0 Å². The summed E-state index contributed by atoms with van der Waals surface area (Å²) in [4.78, 5) is 29.3. The number of anilines is 2. The van der Waals surface area contributed by atoms with Crippen molar-refractivity contribution in [2.75, 3.05) is 23.3 Å². The lowest BCUT2D eigenvalue weighted by molar-refractivity contribution is -0.120. The first-order valence-corrected chi connectivity index (χ1v) is 11.0. The topological polar surface area (TPSA) is 75.9 Å². The van der Waals surface area contributed by atoms with Gasteiger partial charge >= 0.3 is 0 Å². The molecule has 3 aromatic rings. The lowest BCUT2D eigenvalue weighted by Crippen LogP contribution is -2.41. The van der Waals surface area contributed by atoms with Gasteiger partial charge in [-0.05, 0) is 44.2 Å². The zero-order valence-electron chi connectivity index (χ0n) is 17.5. The highest BCUT2D eigenvalue weighted by molar-refractivity contribution is 5.94. The van der Waals surface area contributed by atoms with E-state index >= 15 is 0 Å². The minimum absolute atomic E-state index is 0.0659. The third-order valence-electron chi connectivity index (χ3n) is 6.37. The van der Waals surface area contributed by atoms with Crippen LogP contribution in [0.25, 0.3) is 11.2 Å². The van der Waals surface area contributed by atoms with E-state index in [-0.39, 0.29) is 11.8 Å². The van der Waals surface area contributed by atoms with Gasteiger partial charge in [-0.1, -0.05) is 24.6 Å². The highest BCUT2D eigenvalue weighted by atomic mass is 16.1. The van der Waals surface area contributed by atoms with E-state index in [0.717, 1.165) is 66.4 Å². The summed E-state index contributed by atoms with van der Waals surface area (Å²) < 4.78 is 2.26. The molecule has 1 atom stereocenters. The molecule has 2 aromatic heterocycles. The molecule has 0 spiro atoms. The molecule has 156 valence electrons. The number of carbonyl (C=O) groups excluding carboxylic acids is 1. The van der Waals surface area contributed by atoms with E-state index in [2.05, 4.69) is 24.8 Å². The minimum atomic E-state index is -0.0659. The van der Waals surface area contributed by atoms with E-state index in [1.807, 2.05) is 31.2 Å². The number of fused-ring (bicyclic) bond motifs is 3. The number of nitrogens with zero attached hydrogens (tertiary/aromatic N) is 5. The fourth-order valence-corrected chi connectivity index (χ4v) is 4.69. The number of imidazole rings is 1. The molecule has 1 fully saturated rings. The van der Waals surface area contributed by atoms with Crippen molar-refractivity contribution in [3.8, 4) is 0 Å². The van der Waals surface area contributed by atoms with Gasteiger partial charge in [0.1, 0.15) is 12.2 Å². The Morgan fingerprint density at radius 1 is 1.10 bits per heavy atom. The molecule has 0 bridgehead atoms. The van der Waals surface area contributed by atoms with E-state index in [4.69, 9.17) is 4.98 Å². The summed E-state index contributed by atoms with van der Waals surface area (Å²) in [6, 6.07) is 7.92. The smallest absolute Gasteiger partial charge is 0.229 e. The Kier molecular flexibility index (Phi) is 5.11. The molecule has 30 heavy (non-hydrogen) atoms. The molecule has 0 radical (unpaired) electrons. The van der Waals surface area contributed by atoms with Crippen LogP contribution in [-0.2, 0) is 17.8 Å². The van der Waals surface area contributed by atoms with E-state index in [0.29, 0.717) is 6.54 Å². The van der Waals surface area contributed by atoms with Crippen LogP contribution in [0.15, 0.2) is 30.6 Å². The Balaban J connectivity index is 1.39. The molecule has 0 unspecified atom stereocenters. The first-order valence-electron chi connectivity index (χ1n) is 11.0. The Morgan fingerprint density at radius 3 is 2.90 bits per heavy atom. The summed E-state index contributed by atoms with van der Waals surface area (Å²) in [6.07, 6.45) is 8.09. The van der Waals surface area contributed by atoms with Crippen molar-refractivity contribution < 1.29 is 4.79 Å². The summed E-state index contributed by atoms with van der Waals surface area (Å²) >= 11 is 0. The van der Waals surface area contributed by atoms with Gasteiger partial charge in [0.15, 0.2) is 17.0 Å². The zero-order chi connectivity index (χ0) is 20.5. The second kappa shape index (κ2) is 8.05. The zero-order valence-corrected chi connectivity index (χ0v) is 17.5. The van der Waals surface area contributed by atoms with Crippen LogP contribution in [0.5, 0.6) is 0 Å². The van der Waals surface area contributed by atoms with Gasteiger partial charge in [0.05, 0.1) is 5.92 Å². The number of aryl methyl sites for hydroxylation is 3. The molecule has 5 rings (SSSR count). The maximum absolute atomic E-state index is 13.0. The molecule has 1 amide bonds. The van der Waals surface area contributed by atoms with E-state index in [1.54, 1.807) is 6.33 Å². The fraction of sp³-hybridized carbons (Fsp3) is 0.478. The van der Waals surface area contributed by atoms with Crippen molar-refractivity contribution in [3.05, 3.63) is 42.0 Å². The molecule has 4 heterocycles. The maximum atomic E-state index is 13.0. The van der Waals surface area contributed by atoms with Crippen LogP contribution in [0.4, 0.5) is 11.5 Å². The quantitative estimate of drug-likeness (QED) is 0.720. The standard InChI is InChI=1S/C23H28N6O/c1-16-8-4-5-10-18(16)26-23(30)17-9-7-12-28(14-17)21-20-22(25-15-24-21)29-13-6-2-3-11-19(29)27-20/h4-5,8,10,15,17H,2-3,6-7,9,11-14H2,1H3,(H,26,30)/t17-/m1/s1. The van der Waals surface area contributed by atoms with Crippen LogP contribution in [0, 0.1) is 12.8 Å². The van der Waals surface area contributed by atoms with E-state index in [1.165, 1.54) is 19.3 Å². The number of para-hydroxylation sites is 1. The van der Waals surface area contributed by atoms with Gasteiger partial charge < -0.3 is 14.8 Å². The molecule has 1 saturated heterocycles. The number of piperidine rings is 1. The molecule has 7 nitrogen and oxygen atoms in total. The van der Waals surface area contributed by atoms with Crippen molar-refractivity contribution in [3.63, 3.8) is 0 Å². The van der Waals surface area contributed by atoms with Crippen LogP contribution in [-0.4, -0.2) is 38.5 Å². The molecule has 1 aromatic carbocycles. The number of hydrogen-bond donors (Lipinski definition) is 1. The number of rotatable bonds is 3.